The Morgan fingerprint density at radius 1 is 0.881 bits per heavy atom. The number of hydrogen-bond donors (Lipinski definition) is 1. The van der Waals surface area contributed by atoms with Crippen molar-refractivity contribution in [1.29, 1.82) is 0 Å². The molecule has 6 rings (SSSR count). The fourth-order valence-corrected chi connectivity index (χ4v) is 6.03. The van der Waals surface area contributed by atoms with Crippen molar-refractivity contribution in [3.05, 3.63) is 95.3 Å². The second-order valence-corrected chi connectivity index (χ2v) is 11.1. The summed E-state index contributed by atoms with van der Waals surface area (Å²) in [6.45, 7) is 3.94. The van der Waals surface area contributed by atoms with Crippen molar-refractivity contribution in [3.63, 3.8) is 0 Å². The Labute approximate surface area is 242 Å². The molecule has 2 aliphatic rings. The molecule has 5 nitrogen and oxygen atoms in total. The minimum Gasteiger partial charge on any atom is -0.366 e. The number of hydrogen-bond acceptors (Lipinski definition) is 4. The SMILES string of the molecule is O=C(c1cc(NCc2ccc(C(F)(F)F)cc2)nc2ccc(-c3ccc(F)cc3)cc12)N1CCC[C@H]1CN1CCCC1. The van der Waals surface area contributed by atoms with Crippen LogP contribution in [0, 0.1) is 5.82 Å². The van der Waals surface area contributed by atoms with Crippen LogP contribution in [0.2, 0.25) is 0 Å². The first-order chi connectivity index (χ1) is 20.2. The minimum absolute atomic E-state index is 0.0575. The molecule has 1 atom stereocenters. The van der Waals surface area contributed by atoms with Crippen molar-refractivity contribution < 1.29 is 22.4 Å². The van der Waals surface area contributed by atoms with Crippen molar-refractivity contribution in [2.24, 2.45) is 0 Å². The van der Waals surface area contributed by atoms with Crippen LogP contribution in [0.25, 0.3) is 22.0 Å². The first-order valence-corrected chi connectivity index (χ1v) is 14.4. The van der Waals surface area contributed by atoms with Crippen molar-refractivity contribution in [2.45, 2.75) is 44.4 Å². The van der Waals surface area contributed by atoms with E-state index >= 15 is 0 Å². The van der Waals surface area contributed by atoms with E-state index in [0.717, 1.165) is 55.7 Å². The Bertz CT molecular complexity index is 1560. The summed E-state index contributed by atoms with van der Waals surface area (Å²) in [4.78, 5) is 23.3. The van der Waals surface area contributed by atoms with Gasteiger partial charge in [-0.3, -0.25) is 4.79 Å². The van der Waals surface area contributed by atoms with Gasteiger partial charge >= 0.3 is 6.18 Å². The van der Waals surface area contributed by atoms with Crippen LogP contribution < -0.4 is 5.32 Å². The summed E-state index contributed by atoms with van der Waals surface area (Å²) < 4.78 is 52.5. The highest BCUT2D eigenvalue weighted by Crippen LogP contribution is 2.32. The van der Waals surface area contributed by atoms with E-state index in [1.165, 1.54) is 37.1 Å². The molecule has 2 fully saturated rings. The van der Waals surface area contributed by atoms with Gasteiger partial charge in [0.25, 0.3) is 5.91 Å². The molecular weight excluding hydrogens is 544 g/mol. The number of pyridine rings is 1. The van der Waals surface area contributed by atoms with Gasteiger partial charge in [0.05, 0.1) is 16.6 Å². The highest BCUT2D eigenvalue weighted by atomic mass is 19.4. The fraction of sp³-hybridized carbons (Fsp3) is 0.333. The Balaban J connectivity index is 1.33. The zero-order valence-corrected chi connectivity index (χ0v) is 23.1. The Morgan fingerprint density at radius 3 is 2.31 bits per heavy atom. The molecule has 4 aromatic rings. The maximum Gasteiger partial charge on any atom is 0.416 e. The van der Waals surface area contributed by atoms with E-state index in [-0.39, 0.29) is 24.3 Å². The lowest BCUT2D eigenvalue weighted by Crippen LogP contribution is -2.42. The van der Waals surface area contributed by atoms with Crippen LogP contribution in [0.1, 0.15) is 47.2 Å². The van der Waals surface area contributed by atoms with E-state index < -0.39 is 11.7 Å². The minimum atomic E-state index is -4.39. The van der Waals surface area contributed by atoms with Gasteiger partial charge in [0.15, 0.2) is 0 Å². The van der Waals surface area contributed by atoms with Gasteiger partial charge < -0.3 is 15.1 Å². The number of rotatable bonds is 7. The molecule has 218 valence electrons. The molecule has 9 heteroatoms. The summed E-state index contributed by atoms with van der Waals surface area (Å²) in [6.07, 6.45) is -0.0973. The summed E-state index contributed by atoms with van der Waals surface area (Å²) in [6, 6.07) is 18.8. The molecule has 0 radical (unpaired) electrons. The Hall–Kier alpha value is -3.98. The number of carbonyl (C=O) groups excluding carboxylic acids is 1. The van der Waals surface area contributed by atoms with Crippen LogP contribution in [-0.4, -0.2) is 52.9 Å². The summed E-state index contributed by atoms with van der Waals surface area (Å²) in [5, 5.41) is 3.91. The second kappa shape index (κ2) is 11.7. The topological polar surface area (TPSA) is 48.5 Å². The largest absolute Gasteiger partial charge is 0.416 e. The van der Waals surface area contributed by atoms with Gasteiger partial charge in [-0.15, -0.1) is 0 Å². The molecule has 1 aromatic heterocycles. The molecular formula is C33H32F4N4O. The number of amides is 1. The third-order valence-electron chi connectivity index (χ3n) is 8.28. The molecule has 0 spiro atoms. The van der Waals surface area contributed by atoms with Crippen molar-refractivity contribution in [1.82, 2.24) is 14.8 Å². The van der Waals surface area contributed by atoms with Gasteiger partial charge in [0.2, 0.25) is 0 Å². The molecule has 1 N–H and O–H groups in total. The number of fused-ring (bicyclic) bond motifs is 1. The normalized spacial score (nSPS) is 17.7. The lowest BCUT2D eigenvalue weighted by atomic mass is 10.00. The lowest BCUT2D eigenvalue weighted by molar-refractivity contribution is -0.137. The van der Waals surface area contributed by atoms with Crippen LogP contribution in [0.3, 0.4) is 0 Å². The van der Waals surface area contributed by atoms with E-state index in [2.05, 4.69) is 10.2 Å². The number of anilines is 1. The van der Waals surface area contributed by atoms with Crippen LogP contribution in [0.15, 0.2) is 72.8 Å². The maximum absolute atomic E-state index is 14.2. The average Bonchev–Trinajstić information content (AvgIpc) is 3.68. The van der Waals surface area contributed by atoms with E-state index in [0.29, 0.717) is 34.4 Å². The first kappa shape index (κ1) is 28.2. The van der Waals surface area contributed by atoms with Crippen molar-refractivity contribution >= 4 is 22.6 Å². The summed E-state index contributed by atoms with van der Waals surface area (Å²) >= 11 is 0. The quantitative estimate of drug-likeness (QED) is 0.234. The van der Waals surface area contributed by atoms with E-state index in [4.69, 9.17) is 4.98 Å². The molecule has 0 saturated carbocycles. The summed E-state index contributed by atoms with van der Waals surface area (Å²) in [5.41, 5.74) is 2.78. The molecule has 3 heterocycles. The van der Waals surface area contributed by atoms with Crippen molar-refractivity contribution in [2.75, 3.05) is 31.5 Å². The fourth-order valence-electron chi connectivity index (χ4n) is 6.03. The van der Waals surface area contributed by atoms with Crippen LogP contribution >= 0.6 is 0 Å². The number of aromatic nitrogens is 1. The van der Waals surface area contributed by atoms with Crippen LogP contribution in [-0.2, 0) is 12.7 Å². The molecule has 2 aliphatic heterocycles. The number of alkyl halides is 3. The predicted octanol–water partition coefficient (Wildman–Crippen LogP) is 7.37. The van der Waals surface area contributed by atoms with Gasteiger partial charge in [0.1, 0.15) is 11.6 Å². The number of nitrogens with one attached hydrogen (secondary N) is 1. The molecule has 2 saturated heterocycles. The summed E-state index contributed by atoms with van der Waals surface area (Å²) in [7, 11) is 0. The lowest BCUT2D eigenvalue weighted by Gasteiger charge is -2.29. The molecule has 1 amide bonds. The number of halogens is 4. The van der Waals surface area contributed by atoms with Gasteiger partial charge in [0, 0.05) is 31.1 Å². The third kappa shape index (κ3) is 6.11. The zero-order chi connectivity index (χ0) is 29.3. The van der Waals surface area contributed by atoms with Gasteiger partial charge in [-0.1, -0.05) is 30.3 Å². The molecule has 0 bridgehead atoms. The Kier molecular flexibility index (Phi) is 7.86. The van der Waals surface area contributed by atoms with Gasteiger partial charge in [-0.2, -0.15) is 13.2 Å². The number of nitrogens with zero attached hydrogens (tertiary/aromatic N) is 3. The van der Waals surface area contributed by atoms with Gasteiger partial charge in [-0.05, 0) is 97.9 Å². The maximum atomic E-state index is 14.2. The first-order valence-electron chi connectivity index (χ1n) is 14.4. The summed E-state index contributed by atoms with van der Waals surface area (Å²) in [5.74, 6) is 0.0902. The third-order valence-corrected chi connectivity index (χ3v) is 8.28. The number of likely N-dealkylation sites (tertiary alicyclic amines) is 2. The molecule has 0 aliphatic carbocycles. The smallest absolute Gasteiger partial charge is 0.366 e. The number of carbonyl (C=O) groups is 1. The van der Waals surface area contributed by atoms with Gasteiger partial charge in [-0.25, -0.2) is 9.37 Å². The molecule has 0 unspecified atom stereocenters. The predicted molar refractivity (Wildman–Crippen MR) is 156 cm³/mol. The molecule has 3 aromatic carbocycles. The van der Waals surface area contributed by atoms with Crippen LogP contribution in [0.5, 0.6) is 0 Å². The standard InChI is InChI=1S/C33H32F4N4O/c34-26-12-7-23(8-13-26)24-9-14-30-28(18-24)29(32(42)41-17-3-4-27(41)21-40-15-1-2-16-40)19-31(39-30)38-20-22-5-10-25(11-6-22)33(35,36)37/h5-14,18-19,27H,1-4,15-17,20-21H2,(H,38,39)/t27-/m0/s1. The zero-order valence-electron chi connectivity index (χ0n) is 23.1. The van der Waals surface area contributed by atoms with E-state index in [1.54, 1.807) is 18.2 Å². The van der Waals surface area contributed by atoms with Crippen LogP contribution in [0.4, 0.5) is 23.4 Å². The highest BCUT2D eigenvalue weighted by Gasteiger charge is 2.33. The average molecular weight is 577 g/mol. The molecule has 42 heavy (non-hydrogen) atoms. The number of benzene rings is 3. The highest BCUT2D eigenvalue weighted by molar-refractivity contribution is 6.08. The van der Waals surface area contributed by atoms with E-state index in [9.17, 15) is 22.4 Å². The monoisotopic (exact) mass is 576 g/mol. The van der Waals surface area contributed by atoms with Crippen molar-refractivity contribution in [3.8, 4) is 11.1 Å². The second-order valence-electron chi connectivity index (χ2n) is 11.1. The van der Waals surface area contributed by atoms with E-state index in [1.807, 2.05) is 23.1 Å². The Morgan fingerprint density at radius 2 is 1.60 bits per heavy atom.